The first-order valence-corrected chi connectivity index (χ1v) is 5.60. The molecule has 3 N–H and O–H groups in total. The average Bonchev–Trinajstić information content (AvgIpc) is 2.86. The Balaban J connectivity index is 1.87. The quantitative estimate of drug-likeness (QED) is 0.759. The smallest absolute Gasteiger partial charge is 0.255 e. The molecule has 0 radical (unpaired) electrons. The number of nitrogens with two attached hydrogens (primary N) is 1. The summed E-state index contributed by atoms with van der Waals surface area (Å²) < 4.78 is 5.44. The maximum Gasteiger partial charge on any atom is 0.255 e. The van der Waals surface area contributed by atoms with E-state index in [1.165, 1.54) is 11.3 Å². The van der Waals surface area contributed by atoms with Crippen molar-refractivity contribution in [1.29, 1.82) is 0 Å². The molecule has 82 valence electrons. The minimum absolute atomic E-state index is 0.00942. The number of hydrogen-bond acceptors (Lipinski definition) is 6. The molecular weight excluding hydrogens is 216 g/mol. The monoisotopic (exact) mass is 228 g/mol. The van der Waals surface area contributed by atoms with Crippen LogP contribution in [-0.2, 0) is 9.53 Å². The highest BCUT2D eigenvalue weighted by Crippen LogP contribution is 2.20. The molecule has 1 fully saturated rings. The van der Waals surface area contributed by atoms with Gasteiger partial charge >= 0.3 is 0 Å². The molecule has 15 heavy (non-hydrogen) atoms. The molecule has 1 amide bonds. The molecule has 2 rings (SSSR count). The lowest BCUT2D eigenvalue weighted by Crippen LogP contribution is -2.29. The largest absolute Gasteiger partial charge is 0.364 e. The van der Waals surface area contributed by atoms with Crippen molar-refractivity contribution in [2.24, 2.45) is 5.73 Å². The van der Waals surface area contributed by atoms with E-state index in [1.807, 2.05) is 0 Å². The van der Waals surface area contributed by atoms with E-state index in [-0.39, 0.29) is 12.0 Å². The fraction of sp³-hybridized carbons (Fsp3) is 0.625. The first-order chi connectivity index (χ1) is 7.29. The number of anilines is 1. The number of amides is 1. The van der Waals surface area contributed by atoms with Crippen LogP contribution in [0.5, 0.6) is 0 Å². The van der Waals surface area contributed by atoms with Crippen LogP contribution in [0.4, 0.5) is 5.13 Å². The second kappa shape index (κ2) is 4.65. The highest BCUT2D eigenvalue weighted by Gasteiger charge is 2.30. The minimum atomic E-state index is -0.401. The van der Waals surface area contributed by atoms with Gasteiger partial charge in [-0.05, 0) is 12.8 Å². The van der Waals surface area contributed by atoms with Crippen molar-refractivity contribution in [3.05, 3.63) is 5.51 Å². The van der Waals surface area contributed by atoms with E-state index in [1.54, 1.807) is 5.51 Å². The van der Waals surface area contributed by atoms with E-state index in [2.05, 4.69) is 15.5 Å². The van der Waals surface area contributed by atoms with Gasteiger partial charge in [-0.25, -0.2) is 0 Å². The maximum atomic E-state index is 11.6. The van der Waals surface area contributed by atoms with Crippen molar-refractivity contribution in [3.63, 3.8) is 0 Å². The molecule has 0 spiro atoms. The number of hydrogen-bond donors (Lipinski definition) is 2. The highest BCUT2D eigenvalue weighted by atomic mass is 32.1. The number of carbonyl (C=O) groups is 1. The van der Waals surface area contributed by atoms with Crippen molar-refractivity contribution in [2.75, 3.05) is 11.9 Å². The molecule has 0 bridgehead atoms. The summed E-state index contributed by atoms with van der Waals surface area (Å²) in [5.74, 6) is -0.164. The molecule has 7 heteroatoms. The standard InChI is InChI=1S/C8H12N4O2S/c9-3-5-1-2-6(14-5)7(13)11-8-12-10-4-15-8/h4-6H,1-3,9H2,(H,11,12,13)/t5-,6+/m1/s1. The van der Waals surface area contributed by atoms with Crippen LogP contribution in [0.15, 0.2) is 5.51 Å². The Morgan fingerprint density at radius 3 is 3.20 bits per heavy atom. The molecule has 1 aromatic heterocycles. The Morgan fingerprint density at radius 2 is 2.60 bits per heavy atom. The van der Waals surface area contributed by atoms with Gasteiger partial charge in [-0.2, -0.15) is 0 Å². The summed E-state index contributed by atoms with van der Waals surface area (Å²) in [7, 11) is 0. The second-order valence-electron chi connectivity index (χ2n) is 3.29. The average molecular weight is 228 g/mol. The lowest BCUT2D eigenvalue weighted by Gasteiger charge is -2.10. The third-order valence-corrected chi connectivity index (χ3v) is 2.86. The van der Waals surface area contributed by atoms with E-state index in [0.717, 1.165) is 6.42 Å². The number of aromatic nitrogens is 2. The van der Waals surface area contributed by atoms with E-state index < -0.39 is 6.10 Å². The van der Waals surface area contributed by atoms with Crippen LogP contribution in [0, 0.1) is 0 Å². The molecule has 1 saturated heterocycles. The van der Waals surface area contributed by atoms with Crippen LogP contribution in [0.1, 0.15) is 12.8 Å². The predicted molar refractivity (Wildman–Crippen MR) is 55.5 cm³/mol. The van der Waals surface area contributed by atoms with Crippen molar-refractivity contribution >= 4 is 22.4 Å². The van der Waals surface area contributed by atoms with E-state index in [0.29, 0.717) is 18.1 Å². The van der Waals surface area contributed by atoms with Crippen LogP contribution in [-0.4, -0.2) is 34.9 Å². The molecule has 0 aliphatic carbocycles. The number of nitrogens with zero attached hydrogens (tertiary/aromatic N) is 2. The molecule has 6 nitrogen and oxygen atoms in total. The van der Waals surface area contributed by atoms with Gasteiger partial charge in [0.05, 0.1) is 6.10 Å². The lowest BCUT2D eigenvalue weighted by molar-refractivity contribution is -0.126. The van der Waals surface area contributed by atoms with Gasteiger partial charge < -0.3 is 10.5 Å². The van der Waals surface area contributed by atoms with Crippen molar-refractivity contribution < 1.29 is 9.53 Å². The SMILES string of the molecule is NC[C@H]1CC[C@@H](C(=O)Nc2nncs2)O1. The fourth-order valence-electron chi connectivity index (χ4n) is 1.49. The predicted octanol–water partition coefficient (Wildman–Crippen LogP) is -0.0171. The minimum Gasteiger partial charge on any atom is -0.364 e. The Bertz CT molecular complexity index is 329. The van der Waals surface area contributed by atoms with Gasteiger partial charge in [-0.3, -0.25) is 10.1 Å². The normalized spacial score (nSPS) is 25.4. The molecule has 0 saturated carbocycles. The highest BCUT2D eigenvalue weighted by molar-refractivity contribution is 7.13. The zero-order chi connectivity index (χ0) is 10.7. The fourth-order valence-corrected chi connectivity index (χ4v) is 1.93. The third-order valence-electron chi connectivity index (χ3n) is 2.25. The molecule has 1 aromatic rings. The van der Waals surface area contributed by atoms with Gasteiger partial charge in [0.2, 0.25) is 5.13 Å². The molecule has 0 aromatic carbocycles. The Morgan fingerprint density at radius 1 is 1.73 bits per heavy atom. The van der Waals surface area contributed by atoms with E-state index >= 15 is 0 Å². The summed E-state index contributed by atoms with van der Waals surface area (Å²) in [5, 5.41) is 10.5. The zero-order valence-corrected chi connectivity index (χ0v) is 8.87. The topological polar surface area (TPSA) is 90.1 Å². The van der Waals surface area contributed by atoms with E-state index in [4.69, 9.17) is 10.5 Å². The summed E-state index contributed by atoms with van der Waals surface area (Å²) in [6.45, 7) is 0.461. The third kappa shape index (κ3) is 2.49. The van der Waals surface area contributed by atoms with Crippen LogP contribution in [0.3, 0.4) is 0 Å². The van der Waals surface area contributed by atoms with Gasteiger partial charge in [0.1, 0.15) is 11.6 Å². The molecule has 0 unspecified atom stereocenters. The van der Waals surface area contributed by atoms with Crippen molar-refractivity contribution in [1.82, 2.24) is 10.2 Å². The van der Waals surface area contributed by atoms with Crippen LogP contribution in [0.2, 0.25) is 0 Å². The Hall–Kier alpha value is -1.05. The number of rotatable bonds is 3. The van der Waals surface area contributed by atoms with Gasteiger partial charge in [-0.15, -0.1) is 10.2 Å². The Kier molecular flexibility index (Phi) is 3.24. The van der Waals surface area contributed by atoms with Gasteiger partial charge in [0.15, 0.2) is 0 Å². The zero-order valence-electron chi connectivity index (χ0n) is 8.05. The van der Waals surface area contributed by atoms with Crippen LogP contribution in [0.25, 0.3) is 0 Å². The maximum absolute atomic E-state index is 11.6. The molecule has 2 atom stereocenters. The van der Waals surface area contributed by atoms with Crippen molar-refractivity contribution in [2.45, 2.75) is 25.0 Å². The summed E-state index contributed by atoms with van der Waals surface area (Å²) in [6, 6.07) is 0. The van der Waals surface area contributed by atoms with Crippen LogP contribution >= 0.6 is 11.3 Å². The first-order valence-electron chi connectivity index (χ1n) is 4.72. The first kappa shape index (κ1) is 10.5. The number of carbonyl (C=O) groups excluding carboxylic acids is 1. The number of ether oxygens (including phenoxy) is 1. The van der Waals surface area contributed by atoms with E-state index in [9.17, 15) is 4.79 Å². The summed E-state index contributed by atoms with van der Waals surface area (Å²) in [6.07, 6.45) is 1.16. The summed E-state index contributed by atoms with van der Waals surface area (Å²) >= 11 is 1.28. The van der Waals surface area contributed by atoms with Crippen molar-refractivity contribution in [3.8, 4) is 0 Å². The molecule has 1 aliphatic rings. The molecular formula is C8H12N4O2S. The number of nitrogens with one attached hydrogen (secondary N) is 1. The van der Waals surface area contributed by atoms with Crippen LogP contribution < -0.4 is 11.1 Å². The summed E-state index contributed by atoms with van der Waals surface area (Å²) in [4.78, 5) is 11.6. The Labute approximate surface area is 90.8 Å². The summed E-state index contributed by atoms with van der Waals surface area (Å²) in [5.41, 5.74) is 7.02. The van der Waals surface area contributed by atoms with Gasteiger partial charge in [0.25, 0.3) is 5.91 Å². The van der Waals surface area contributed by atoms with Gasteiger partial charge in [0, 0.05) is 6.54 Å². The molecule has 2 heterocycles. The molecule has 1 aliphatic heterocycles. The lowest BCUT2D eigenvalue weighted by atomic mass is 10.2. The van der Waals surface area contributed by atoms with Gasteiger partial charge in [-0.1, -0.05) is 11.3 Å². The second-order valence-corrected chi connectivity index (χ2v) is 4.13.